The topological polar surface area (TPSA) is 26.3 Å². The second-order valence-corrected chi connectivity index (χ2v) is 3.47. The highest BCUT2D eigenvalue weighted by atomic mass is 16.5. The minimum Gasteiger partial charge on any atom is -0.459 e. The van der Waals surface area contributed by atoms with Crippen LogP contribution in [0.4, 0.5) is 0 Å². The van der Waals surface area contributed by atoms with Crippen LogP contribution in [0.1, 0.15) is 33.6 Å². The summed E-state index contributed by atoms with van der Waals surface area (Å²) in [6.07, 6.45) is 7.40. The van der Waals surface area contributed by atoms with Crippen LogP contribution in [0, 0.1) is 5.92 Å². The van der Waals surface area contributed by atoms with Gasteiger partial charge in [-0.3, -0.25) is 0 Å². The first-order valence-corrected chi connectivity index (χ1v) is 5.06. The third-order valence-electron chi connectivity index (χ3n) is 2.29. The number of ether oxygens (including phenoxy) is 1. The number of hydrogen-bond acceptors (Lipinski definition) is 2. The Hall–Kier alpha value is -1.05. The largest absolute Gasteiger partial charge is 0.459 e. The molecule has 2 unspecified atom stereocenters. The molecule has 0 spiro atoms. The molecule has 0 fully saturated rings. The molecule has 0 heterocycles. The molecular formula is C12H20O2. The summed E-state index contributed by atoms with van der Waals surface area (Å²) < 4.78 is 5.11. The molecule has 14 heavy (non-hydrogen) atoms. The van der Waals surface area contributed by atoms with Gasteiger partial charge in [0.05, 0.1) is 0 Å². The minimum atomic E-state index is -0.338. The van der Waals surface area contributed by atoms with E-state index in [0.717, 1.165) is 12.8 Å². The molecular weight excluding hydrogens is 176 g/mol. The SMILES string of the molecule is C=CC(=O)OC(C)C(C)CCC=CC. The van der Waals surface area contributed by atoms with Gasteiger partial charge in [0.25, 0.3) is 0 Å². The van der Waals surface area contributed by atoms with Crippen LogP contribution in [0.2, 0.25) is 0 Å². The van der Waals surface area contributed by atoms with E-state index in [1.165, 1.54) is 6.08 Å². The molecule has 0 bridgehead atoms. The summed E-state index contributed by atoms with van der Waals surface area (Å²) in [5.74, 6) is 0.0467. The van der Waals surface area contributed by atoms with Crippen LogP contribution in [0.15, 0.2) is 24.8 Å². The minimum absolute atomic E-state index is 0.0363. The van der Waals surface area contributed by atoms with Crippen LogP contribution in [0.25, 0.3) is 0 Å². The zero-order valence-corrected chi connectivity index (χ0v) is 9.32. The molecule has 0 saturated heterocycles. The predicted molar refractivity (Wildman–Crippen MR) is 59.0 cm³/mol. The standard InChI is InChI=1S/C12H20O2/c1-5-7-8-9-10(3)11(4)14-12(13)6-2/h5-7,10-11H,2,8-9H2,1,3-4H3. The number of esters is 1. The maximum absolute atomic E-state index is 10.9. The van der Waals surface area contributed by atoms with Gasteiger partial charge in [-0.1, -0.05) is 25.7 Å². The van der Waals surface area contributed by atoms with Crippen molar-refractivity contribution in [1.82, 2.24) is 0 Å². The maximum atomic E-state index is 10.9. The zero-order valence-electron chi connectivity index (χ0n) is 9.32. The lowest BCUT2D eigenvalue weighted by Gasteiger charge is -2.18. The van der Waals surface area contributed by atoms with E-state index in [-0.39, 0.29) is 12.1 Å². The average molecular weight is 196 g/mol. The maximum Gasteiger partial charge on any atom is 0.330 e. The van der Waals surface area contributed by atoms with Crippen molar-refractivity contribution < 1.29 is 9.53 Å². The normalized spacial score (nSPS) is 15.1. The highest BCUT2D eigenvalue weighted by molar-refractivity contribution is 5.81. The molecule has 0 aliphatic carbocycles. The van der Waals surface area contributed by atoms with Crippen molar-refractivity contribution in [3.8, 4) is 0 Å². The van der Waals surface area contributed by atoms with E-state index < -0.39 is 0 Å². The highest BCUT2D eigenvalue weighted by Crippen LogP contribution is 2.14. The molecule has 0 radical (unpaired) electrons. The van der Waals surface area contributed by atoms with Gasteiger partial charge in [0, 0.05) is 6.08 Å². The van der Waals surface area contributed by atoms with Crippen molar-refractivity contribution in [3.05, 3.63) is 24.8 Å². The zero-order chi connectivity index (χ0) is 11.0. The quantitative estimate of drug-likeness (QED) is 0.370. The Kier molecular flexibility index (Phi) is 6.81. The third kappa shape index (κ3) is 5.57. The van der Waals surface area contributed by atoms with Crippen LogP contribution >= 0.6 is 0 Å². The van der Waals surface area contributed by atoms with Gasteiger partial charge in [0.1, 0.15) is 6.10 Å². The third-order valence-corrected chi connectivity index (χ3v) is 2.29. The smallest absolute Gasteiger partial charge is 0.330 e. The van der Waals surface area contributed by atoms with Crippen LogP contribution in [-0.2, 0) is 9.53 Å². The van der Waals surface area contributed by atoms with E-state index in [1.807, 2.05) is 19.9 Å². The fourth-order valence-corrected chi connectivity index (χ4v) is 1.11. The van der Waals surface area contributed by atoms with E-state index in [1.54, 1.807) is 0 Å². The lowest BCUT2D eigenvalue weighted by Crippen LogP contribution is -2.20. The van der Waals surface area contributed by atoms with Crippen LogP contribution < -0.4 is 0 Å². The summed E-state index contributed by atoms with van der Waals surface area (Å²) in [4.78, 5) is 10.9. The molecule has 0 aromatic rings. The van der Waals surface area contributed by atoms with Gasteiger partial charge in [-0.2, -0.15) is 0 Å². The van der Waals surface area contributed by atoms with Gasteiger partial charge in [-0.05, 0) is 32.6 Å². The van der Waals surface area contributed by atoms with Gasteiger partial charge < -0.3 is 4.74 Å². The highest BCUT2D eigenvalue weighted by Gasteiger charge is 2.14. The molecule has 0 N–H and O–H groups in total. The fourth-order valence-electron chi connectivity index (χ4n) is 1.11. The molecule has 0 rings (SSSR count). The Balaban J connectivity index is 3.80. The van der Waals surface area contributed by atoms with Gasteiger partial charge in [-0.25, -0.2) is 4.79 Å². The Morgan fingerprint density at radius 1 is 1.50 bits per heavy atom. The lowest BCUT2D eigenvalue weighted by molar-refractivity contribution is -0.144. The summed E-state index contributed by atoms with van der Waals surface area (Å²) in [7, 11) is 0. The van der Waals surface area contributed by atoms with Gasteiger partial charge in [-0.15, -0.1) is 0 Å². The second-order valence-electron chi connectivity index (χ2n) is 3.47. The first kappa shape index (κ1) is 12.9. The molecule has 0 aliphatic rings. The molecule has 0 aliphatic heterocycles. The molecule has 0 aromatic carbocycles. The molecule has 2 atom stereocenters. The van der Waals surface area contributed by atoms with Crippen molar-refractivity contribution in [3.63, 3.8) is 0 Å². The Morgan fingerprint density at radius 3 is 2.64 bits per heavy atom. The van der Waals surface area contributed by atoms with E-state index in [9.17, 15) is 4.79 Å². The summed E-state index contributed by atoms with van der Waals surface area (Å²) in [5, 5.41) is 0. The van der Waals surface area contributed by atoms with Gasteiger partial charge >= 0.3 is 5.97 Å². The van der Waals surface area contributed by atoms with Crippen LogP contribution in [0.5, 0.6) is 0 Å². The van der Waals surface area contributed by atoms with Crippen molar-refractivity contribution in [1.29, 1.82) is 0 Å². The summed E-state index contributed by atoms with van der Waals surface area (Å²) in [5.41, 5.74) is 0. The van der Waals surface area contributed by atoms with Crippen molar-refractivity contribution in [2.24, 2.45) is 5.92 Å². The Bertz CT molecular complexity index is 206. The predicted octanol–water partition coefficient (Wildman–Crippen LogP) is 3.10. The van der Waals surface area contributed by atoms with E-state index in [4.69, 9.17) is 4.74 Å². The molecule has 0 saturated carbocycles. The molecule has 80 valence electrons. The summed E-state index contributed by atoms with van der Waals surface area (Å²) in [6.45, 7) is 9.37. The first-order chi connectivity index (χ1) is 6.61. The first-order valence-electron chi connectivity index (χ1n) is 5.06. The monoisotopic (exact) mass is 196 g/mol. The molecule has 2 nitrogen and oxygen atoms in total. The van der Waals surface area contributed by atoms with Crippen LogP contribution in [0.3, 0.4) is 0 Å². The van der Waals surface area contributed by atoms with Crippen molar-refractivity contribution in [2.45, 2.75) is 39.7 Å². The van der Waals surface area contributed by atoms with Crippen molar-refractivity contribution >= 4 is 5.97 Å². The average Bonchev–Trinajstić information content (AvgIpc) is 2.17. The Morgan fingerprint density at radius 2 is 2.14 bits per heavy atom. The number of hydrogen-bond donors (Lipinski definition) is 0. The summed E-state index contributed by atoms with van der Waals surface area (Å²) >= 11 is 0. The van der Waals surface area contributed by atoms with Gasteiger partial charge in [0.15, 0.2) is 0 Å². The number of carbonyl (C=O) groups is 1. The van der Waals surface area contributed by atoms with Crippen molar-refractivity contribution in [2.75, 3.05) is 0 Å². The van der Waals surface area contributed by atoms with E-state index in [0.29, 0.717) is 5.92 Å². The van der Waals surface area contributed by atoms with Crippen LogP contribution in [-0.4, -0.2) is 12.1 Å². The number of allylic oxidation sites excluding steroid dienone is 2. The number of carbonyl (C=O) groups excluding carboxylic acids is 1. The van der Waals surface area contributed by atoms with E-state index >= 15 is 0 Å². The Labute approximate surface area is 86.6 Å². The lowest BCUT2D eigenvalue weighted by atomic mass is 10.00. The molecule has 0 amide bonds. The molecule has 2 heteroatoms. The number of rotatable bonds is 6. The fraction of sp³-hybridized carbons (Fsp3) is 0.583. The summed E-state index contributed by atoms with van der Waals surface area (Å²) in [6, 6.07) is 0. The molecule has 0 aromatic heterocycles. The van der Waals surface area contributed by atoms with Gasteiger partial charge in [0.2, 0.25) is 0 Å². The van der Waals surface area contributed by atoms with E-state index in [2.05, 4.69) is 19.6 Å². The second kappa shape index (κ2) is 7.36.